The molecular formula is C11H13N3. The van der Waals surface area contributed by atoms with Crippen molar-refractivity contribution in [3.8, 4) is 0 Å². The van der Waals surface area contributed by atoms with Crippen molar-refractivity contribution in [2.45, 2.75) is 6.42 Å². The van der Waals surface area contributed by atoms with Crippen LogP contribution in [0.25, 0.3) is 0 Å². The first-order valence-electron chi connectivity index (χ1n) is 4.72. The van der Waals surface area contributed by atoms with Gasteiger partial charge in [0.25, 0.3) is 0 Å². The summed E-state index contributed by atoms with van der Waals surface area (Å²) in [5, 5.41) is 3.21. The molecule has 2 N–H and O–H groups in total. The van der Waals surface area contributed by atoms with E-state index in [1.165, 1.54) is 5.56 Å². The number of imidazole rings is 1. The van der Waals surface area contributed by atoms with Gasteiger partial charge in [-0.25, -0.2) is 4.98 Å². The van der Waals surface area contributed by atoms with Crippen LogP contribution in [0.2, 0.25) is 0 Å². The number of rotatable bonds is 4. The standard InChI is InChI=1S/C11H13N3/c1-2-4-10(5-3-1)6-7-12-11-13-8-9-14-11/h1-5,8-9H,6-7H2,(H2,12,13,14). The molecule has 0 radical (unpaired) electrons. The summed E-state index contributed by atoms with van der Waals surface area (Å²) in [6.07, 6.45) is 4.57. The average molecular weight is 187 g/mol. The van der Waals surface area contributed by atoms with Crippen LogP contribution in [-0.4, -0.2) is 16.5 Å². The Morgan fingerprint density at radius 3 is 2.79 bits per heavy atom. The maximum atomic E-state index is 4.08. The van der Waals surface area contributed by atoms with Crippen molar-refractivity contribution in [2.75, 3.05) is 11.9 Å². The van der Waals surface area contributed by atoms with Crippen molar-refractivity contribution >= 4 is 5.95 Å². The molecule has 0 aliphatic heterocycles. The zero-order chi connectivity index (χ0) is 9.64. The maximum Gasteiger partial charge on any atom is 0.200 e. The van der Waals surface area contributed by atoms with Crippen LogP contribution in [0, 0.1) is 0 Å². The number of nitrogens with one attached hydrogen (secondary N) is 2. The Morgan fingerprint density at radius 2 is 2.07 bits per heavy atom. The van der Waals surface area contributed by atoms with E-state index in [-0.39, 0.29) is 0 Å². The fourth-order valence-corrected chi connectivity index (χ4v) is 1.33. The van der Waals surface area contributed by atoms with E-state index in [9.17, 15) is 0 Å². The SMILES string of the molecule is c1ccc(CCNc2ncc[nH]2)cc1. The summed E-state index contributed by atoms with van der Waals surface area (Å²) >= 11 is 0. The normalized spacial score (nSPS) is 10.0. The van der Waals surface area contributed by atoms with Gasteiger partial charge in [-0.3, -0.25) is 0 Å². The summed E-state index contributed by atoms with van der Waals surface area (Å²) in [4.78, 5) is 7.08. The maximum absolute atomic E-state index is 4.08. The van der Waals surface area contributed by atoms with Gasteiger partial charge >= 0.3 is 0 Å². The molecule has 72 valence electrons. The molecule has 1 heterocycles. The fourth-order valence-electron chi connectivity index (χ4n) is 1.33. The van der Waals surface area contributed by atoms with Gasteiger partial charge in [-0.1, -0.05) is 30.3 Å². The van der Waals surface area contributed by atoms with Gasteiger partial charge in [-0.15, -0.1) is 0 Å². The summed E-state index contributed by atoms with van der Waals surface area (Å²) in [6, 6.07) is 10.4. The number of aromatic amines is 1. The first kappa shape index (κ1) is 8.81. The Labute approximate surface area is 83.2 Å². The number of H-pyrrole nitrogens is 1. The minimum absolute atomic E-state index is 0.834. The van der Waals surface area contributed by atoms with Crippen molar-refractivity contribution in [3.05, 3.63) is 48.3 Å². The summed E-state index contributed by atoms with van der Waals surface area (Å²) < 4.78 is 0. The van der Waals surface area contributed by atoms with E-state index in [1.807, 2.05) is 12.3 Å². The van der Waals surface area contributed by atoms with Crippen LogP contribution in [0.1, 0.15) is 5.56 Å². The van der Waals surface area contributed by atoms with E-state index in [1.54, 1.807) is 6.20 Å². The smallest absolute Gasteiger partial charge is 0.200 e. The van der Waals surface area contributed by atoms with E-state index >= 15 is 0 Å². The molecule has 0 saturated carbocycles. The lowest BCUT2D eigenvalue weighted by Crippen LogP contribution is -2.05. The van der Waals surface area contributed by atoms with E-state index in [4.69, 9.17) is 0 Å². The highest BCUT2D eigenvalue weighted by Gasteiger charge is 1.93. The van der Waals surface area contributed by atoms with Crippen LogP contribution < -0.4 is 5.32 Å². The molecule has 0 aliphatic carbocycles. The second-order valence-corrected chi connectivity index (χ2v) is 3.10. The number of hydrogen-bond donors (Lipinski definition) is 2. The van der Waals surface area contributed by atoms with Crippen molar-refractivity contribution in [3.63, 3.8) is 0 Å². The van der Waals surface area contributed by atoms with Crippen LogP contribution in [0.15, 0.2) is 42.7 Å². The molecule has 0 aliphatic rings. The number of aromatic nitrogens is 2. The Morgan fingerprint density at radius 1 is 1.21 bits per heavy atom. The highest BCUT2D eigenvalue weighted by atomic mass is 15.1. The molecule has 0 fully saturated rings. The minimum Gasteiger partial charge on any atom is -0.355 e. The van der Waals surface area contributed by atoms with Crippen LogP contribution in [0.5, 0.6) is 0 Å². The van der Waals surface area contributed by atoms with Crippen LogP contribution in [0.4, 0.5) is 5.95 Å². The topological polar surface area (TPSA) is 40.7 Å². The monoisotopic (exact) mass is 187 g/mol. The predicted octanol–water partition coefficient (Wildman–Crippen LogP) is 2.06. The molecule has 1 aromatic heterocycles. The van der Waals surface area contributed by atoms with Crippen molar-refractivity contribution in [2.24, 2.45) is 0 Å². The van der Waals surface area contributed by atoms with E-state index < -0.39 is 0 Å². The number of nitrogens with zero attached hydrogens (tertiary/aromatic N) is 1. The van der Waals surface area contributed by atoms with E-state index in [2.05, 4.69) is 39.6 Å². The van der Waals surface area contributed by atoms with Crippen molar-refractivity contribution in [1.29, 1.82) is 0 Å². The molecule has 14 heavy (non-hydrogen) atoms. The molecule has 3 heteroatoms. The van der Waals surface area contributed by atoms with E-state index in [0.717, 1.165) is 18.9 Å². The van der Waals surface area contributed by atoms with Gasteiger partial charge in [-0.05, 0) is 12.0 Å². The third-order valence-corrected chi connectivity index (χ3v) is 2.05. The van der Waals surface area contributed by atoms with E-state index in [0.29, 0.717) is 0 Å². The molecular weight excluding hydrogens is 174 g/mol. The molecule has 2 aromatic rings. The third kappa shape index (κ3) is 2.36. The average Bonchev–Trinajstić information content (AvgIpc) is 2.72. The molecule has 2 rings (SSSR count). The quantitative estimate of drug-likeness (QED) is 0.769. The van der Waals surface area contributed by atoms with Gasteiger partial charge in [0, 0.05) is 18.9 Å². The zero-order valence-corrected chi connectivity index (χ0v) is 7.90. The molecule has 0 bridgehead atoms. The van der Waals surface area contributed by atoms with Gasteiger partial charge in [0.2, 0.25) is 0 Å². The lowest BCUT2D eigenvalue weighted by atomic mass is 10.1. The van der Waals surface area contributed by atoms with Crippen LogP contribution in [0.3, 0.4) is 0 Å². The summed E-state index contributed by atoms with van der Waals surface area (Å²) in [6.45, 7) is 0.900. The third-order valence-electron chi connectivity index (χ3n) is 2.05. The van der Waals surface area contributed by atoms with Gasteiger partial charge in [-0.2, -0.15) is 0 Å². The summed E-state index contributed by atoms with van der Waals surface area (Å²) in [7, 11) is 0. The van der Waals surface area contributed by atoms with Crippen molar-refractivity contribution in [1.82, 2.24) is 9.97 Å². The molecule has 0 unspecified atom stereocenters. The fraction of sp³-hybridized carbons (Fsp3) is 0.182. The molecule has 0 spiro atoms. The zero-order valence-electron chi connectivity index (χ0n) is 7.90. The predicted molar refractivity (Wildman–Crippen MR) is 57.2 cm³/mol. The van der Waals surface area contributed by atoms with Crippen LogP contribution in [-0.2, 0) is 6.42 Å². The minimum atomic E-state index is 0.834. The van der Waals surface area contributed by atoms with Crippen LogP contribution >= 0.6 is 0 Å². The second kappa shape index (κ2) is 4.46. The molecule has 3 nitrogen and oxygen atoms in total. The van der Waals surface area contributed by atoms with Gasteiger partial charge in [0.1, 0.15) is 0 Å². The number of hydrogen-bond acceptors (Lipinski definition) is 2. The molecule has 1 aromatic carbocycles. The Hall–Kier alpha value is -1.77. The van der Waals surface area contributed by atoms with Gasteiger partial charge < -0.3 is 10.3 Å². The van der Waals surface area contributed by atoms with Crippen molar-refractivity contribution < 1.29 is 0 Å². The Kier molecular flexibility index (Phi) is 2.81. The molecule has 0 atom stereocenters. The first-order chi connectivity index (χ1) is 6.95. The summed E-state index contributed by atoms with van der Waals surface area (Å²) in [5.41, 5.74) is 1.34. The van der Waals surface area contributed by atoms with Gasteiger partial charge in [0.15, 0.2) is 5.95 Å². The Bertz CT molecular complexity index is 353. The molecule has 0 amide bonds. The lowest BCUT2D eigenvalue weighted by molar-refractivity contribution is 0.998. The number of benzene rings is 1. The highest BCUT2D eigenvalue weighted by Crippen LogP contribution is 2.00. The number of anilines is 1. The summed E-state index contributed by atoms with van der Waals surface area (Å²) in [5.74, 6) is 0.834. The Balaban J connectivity index is 1.79. The van der Waals surface area contributed by atoms with Gasteiger partial charge in [0.05, 0.1) is 0 Å². The first-order valence-corrected chi connectivity index (χ1v) is 4.72. The second-order valence-electron chi connectivity index (χ2n) is 3.10. The largest absolute Gasteiger partial charge is 0.355 e. The molecule has 0 saturated heterocycles. The highest BCUT2D eigenvalue weighted by molar-refractivity contribution is 5.24. The lowest BCUT2D eigenvalue weighted by Gasteiger charge is -2.02.